The maximum absolute atomic E-state index is 12.2. The molecule has 0 unspecified atom stereocenters. The van der Waals surface area contributed by atoms with E-state index in [4.69, 9.17) is 0 Å². The Labute approximate surface area is 121 Å². The fraction of sp³-hybridized carbons (Fsp3) is 0.733. The molecule has 1 aromatic rings. The number of rotatable bonds is 5. The molecule has 0 spiro atoms. The quantitative estimate of drug-likeness (QED) is 0.861. The van der Waals surface area contributed by atoms with Crippen molar-refractivity contribution < 1.29 is 4.79 Å². The molecule has 2 N–H and O–H groups in total. The summed E-state index contributed by atoms with van der Waals surface area (Å²) in [6.45, 7) is 2.54. The lowest BCUT2D eigenvalue weighted by Crippen LogP contribution is -2.48. The van der Waals surface area contributed by atoms with Gasteiger partial charge in [-0.05, 0) is 26.8 Å². The number of hydrogen-bond acceptors (Lipinski definition) is 3. The molecule has 1 heterocycles. The Kier molecular flexibility index (Phi) is 4.81. The third-order valence-electron chi connectivity index (χ3n) is 4.43. The predicted molar refractivity (Wildman–Crippen MR) is 79.3 cm³/mol. The van der Waals surface area contributed by atoms with Gasteiger partial charge >= 0.3 is 0 Å². The van der Waals surface area contributed by atoms with Gasteiger partial charge in [0, 0.05) is 37.3 Å². The van der Waals surface area contributed by atoms with E-state index in [9.17, 15) is 4.79 Å². The van der Waals surface area contributed by atoms with Gasteiger partial charge in [0.25, 0.3) is 0 Å². The highest BCUT2D eigenvalue weighted by Gasteiger charge is 2.32. The van der Waals surface area contributed by atoms with E-state index in [0.717, 1.165) is 24.1 Å². The van der Waals surface area contributed by atoms with Crippen LogP contribution in [0.4, 0.5) is 0 Å². The normalized spacial score (nSPS) is 17.9. The van der Waals surface area contributed by atoms with Gasteiger partial charge in [-0.1, -0.05) is 19.3 Å². The van der Waals surface area contributed by atoms with Crippen LogP contribution < -0.4 is 10.6 Å². The highest BCUT2D eigenvalue weighted by molar-refractivity contribution is 5.77. The number of aromatic nitrogens is 2. The average Bonchev–Trinajstić information content (AvgIpc) is 2.76. The lowest BCUT2D eigenvalue weighted by molar-refractivity contribution is -0.123. The van der Waals surface area contributed by atoms with Gasteiger partial charge in [-0.3, -0.25) is 9.48 Å². The van der Waals surface area contributed by atoms with E-state index in [1.807, 2.05) is 27.2 Å². The van der Waals surface area contributed by atoms with Crippen molar-refractivity contribution in [3.8, 4) is 0 Å². The SMILES string of the molecule is CNC1(CC(=O)NCc2cn(C)nc2C)CCCCC1. The predicted octanol–water partition coefficient (Wildman–Crippen LogP) is 1.66. The summed E-state index contributed by atoms with van der Waals surface area (Å²) in [6, 6.07) is 0. The Morgan fingerprint density at radius 2 is 2.10 bits per heavy atom. The number of carbonyl (C=O) groups is 1. The van der Waals surface area contributed by atoms with Crippen LogP contribution in [0.3, 0.4) is 0 Å². The molecule has 1 fully saturated rings. The van der Waals surface area contributed by atoms with Gasteiger partial charge in [0.2, 0.25) is 5.91 Å². The Hall–Kier alpha value is -1.36. The molecular formula is C15H26N4O. The number of amides is 1. The zero-order valence-electron chi connectivity index (χ0n) is 12.8. The molecule has 0 bridgehead atoms. The third-order valence-corrected chi connectivity index (χ3v) is 4.43. The first kappa shape index (κ1) is 15.0. The van der Waals surface area contributed by atoms with Crippen LogP contribution in [0.25, 0.3) is 0 Å². The Bertz CT molecular complexity index is 460. The van der Waals surface area contributed by atoms with E-state index in [-0.39, 0.29) is 11.4 Å². The lowest BCUT2D eigenvalue weighted by atomic mass is 9.79. The van der Waals surface area contributed by atoms with Crippen molar-refractivity contribution in [2.45, 2.75) is 57.5 Å². The first-order valence-corrected chi connectivity index (χ1v) is 7.49. The fourth-order valence-electron chi connectivity index (χ4n) is 3.13. The second kappa shape index (κ2) is 6.39. The minimum Gasteiger partial charge on any atom is -0.352 e. The first-order valence-electron chi connectivity index (χ1n) is 7.49. The molecule has 1 aliphatic rings. The number of nitrogens with zero attached hydrogens (tertiary/aromatic N) is 2. The van der Waals surface area contributed by atoms with E-state index in [0.29, 0.717) is 13.0 Å². The van der Waals surface area contributed by atoms with E-state index < -0.39 is 0 Å². The van der Waals surface area contributed by atoms with E-state index in [1.165, 1.54) is 19.3 Å². The maximum Gasteiger partial charge on any atom is 0.222 e. The molecule has 0 atom stereocenters. The number of aryl methyl sites for hydroxylation is 2. The van der Waals surface area contributed by atoms with E-state index in [1.54, 1.807) is 4.68 Å². The molecule has 112 valence electrons. The Morgan fingerprint density at radius 1 is 1.40 bits per heavy atom. The number of nitrogens with one attached hydrogen (secondary N) is 2. The van der Waals surface area contributed by atoms with Crippen molar-refractivity contribution in [3.63, 3.8) is 0 Å². The summed E-state index contributed by atoms with van der Waals surface area (Å²) in [5.41, 5.74) is 2.07. The third kappa shape index (κ3) is 3.60. The minimum absolute atomic E-state index is 0.00627. The van der Waals surface area contributed by atoms with Gasteiger partial charge in [0.05, 0.1) is 5.69 Å². The number of carbonyl (C=O) groups excluding carboxylic acids is 1. The highest BCUT2D eigenvalue weighted by Crippen LogP contribution is 2.30. The molecule has 0 saturated heterocycles. The van der Waals surface area contributed by atoms with Gasteiger partial charge < -0.3 is 10.6 Å². The topological polar surface area (TPSA) is 59.0 Å². The summed E-state index contributed by atoms with van der Waals surface area (Å²) in [5.74, 6) is 0.129. The van der Waals surface area contributed by atoms with Crippen LogP contribution in [0.2, 0.25) is 0 Å². The summed E-state index contributed by atoms with van der Waals surface area (Å²) in [6.07, 6.45) is 8.46. The maximum atomic E-state index is 12.2. The van der Waals surface area contributed by atoms with Crippen molar-refractivity contribution in [2.24, 2.45) is 7.05 Å². The van der Waals surface area contributed by atoms with Gasteiger partial charge in [0.1, 0.15) is 0 Å². The summed E-state index contributed by atoms with van der Waals surface area (Å²) < 4.78 is 1.78. The van der Waals surface area contributed by atoms with Crippen LogP contribution in [-0.2, 0) is 18.4 Å². The standard InChI is InChI=1S/C15H26N4O/c1-12-13(11-19(3)18-12)10-17-14(20)9-15(16-2)7-5-4-6-8-15/h11,16H,4-10H2,1-3H3,(H,17,20). The zero-order chi connectivity index (χ0) is 14.6. The Balaban J connectivity index is 1.87. The van der Waals surface area contributed by atoms with Crippen LogP contribution in [0.5, 0.6) is 0 Å². The molecule has 5 heteroatoms. The summed E-state index contributed by atoms with van der Waals surface area (Å²) in [5, 5.41) is 10.7. The second-order valence-electron chi connectivity index (χ2n) is 5.96. The first-order chi connectivity index (χ1) is 9.54. The van der Waals surface area contributed by atoms with Crippen LogP contribution in [0.1, 0.15) is 49.8 Å². The van der Waals surface area contributed by atoms with Crippen LogP contribution in [0.15, 0.2) is 6.20 Å². The van der Waals surface area contributed by atoms with Gasteiger partial charge in [-0.15, -0.1) is 0 Å². The van der Waals surface area contributed by atoms with Crippen molar-refractivity contribution in [3.05, 3.63) is 17.5 Å². The van der Waals surface area contributed by atoms with Crippen LogP contribution >= 0.6 is 0 Å². The fourth-order valence-corrected chi connectivity index (χ4v) is 3.13. The van der Waals surface area contributed by atoms with E-state index in [2.05, 4.69) is 15.7 Å². The zero-order valence-corrected chi connectivity index (χ0v) is 12.8. The van der Waals surface area contributed by atoms with E-state index >= 15 is 0 Å². The molecule has 0 aliphatic heterocycles. The molecule has 5 nitrogen and oxygen atoms in total. The molecule has 1 amide bonds. The highest BCUT2D eigenvalue weighted by atomic mass is 16.1. The van der Waals surface area contributed by atoms with Crippen molar-refractivity contribution >= 4 is 5.91 Å². The number of hydrogen-bond donors (Lipinski definition) is 2. The van der Waals surface area contributed by atoms with Gasteiger partial charge in [-0.2, -0.15) is 5.10 Å². The molecule has 2 rings (SSSR count). The summed E-state index contributed by atoms with van der Waals surface area (Å²) in [4.78, 5) is 12.2. The molecular weight excluding hydrogens is 252 g/mol. The summed E-state index contributed by atoms with van der Waals surface area (Å²) in [7, 11) is 3.88. The summed E-state index contributed by atoms with van der Waals surface area (Å²) >= 11 is 0. The van der Waals surface area contributed by atoms with Crippen LogP contribution in [-0.4, -0.2) is 28.3 Å². The molecule has 0 radical (unpaired) electrons. The van der Waals surface area contributed by atoms with Gasteiger partial charge in [0.15, 0.2) is 0 Å². The van der Waals surface area contributed by atoms with Crippen molar-refractivity contribution in [1.82, 2.24) is 20.4 Å². The molecule has 1 aromatic heterocycles. The molecule has 1 aliphatic carbocycles. The second-order valence-corrected chi connectivity index (χ2v) is 5.96. The van der Waals surface area contributed by atoms with Gasteiger partial charge in [-0.25, -0.2) is 0 Å². The molecule has 20 heavy (non-hydrogen) atoms. The Morgan fingerprint density at radius 3 is 2.65 bits per heavy atom. The average molecular weight is 278 g/mol. The van der Waals surface area contributed by atoms with Crippen molar-refractivity contribution in [1.29, 1.82) is 0 Å². The van der Waals surface area contributed by atoms with Crippen LogP contribution in [0, 0.1) is 6.92 Å². The monoisotopic (exact) mass is 278 g/mol. The minimum atomic E-state index is 0.00627. The molecule has 0 aromatic carbocycles. The largest absolute Gasteiger partial charge is 0.352 e. The van der Waals surface area contributed by atoms with Crippen molar-refractivity contribution in [2.75, 3.05) is 7.05 Å². The molecule has 1 saturated carbocycles. The lowest BCUT2D eigenvalue weighted by Gasteiger charge is -2.36. The smallest absolute Gasteiger partial charge is 0.222 e.